The van der Waals surface area contributed by atoms with Crippen LogP contribution in [0.2, 0.25) is 0 Å². The van der Waals surface area contributed by atoms with E-state index in [9.17, 15) is 4.79 Å². The molecule has 0 aromatic heterocycles. The van der Waals surface area contributed by atoms with Crippen LogP contribution < -0.4 is 0 Å². The van der Waals surface area contributed by atoms with E-state index in [1.54, 1.807) is 7.11 Å². The van der Waals surface area contributed by atoms with Gasteiger partial charge in [0.2, 0.25) is 0 Å². The van der Waals surface area contributed by atoms with Gasteiger partial charge in [0.15, 0.2) is 5.78 Å². The molecule has 1 fully saturated rings. The topological polar surface area (TPSA) is 44.8 Å². The second kappa shape index (κ2) is 6.33. The molecule has 4 nitrogen and oxygen atoms in total. The molecule has 0 spiro atoms. The molecule has 0 radical (unpaired) electrons. The highest BCUT2D eigenvalue weighted by Crippen LogP contribution is 2.15. The second-order valence-corrected chi connectivity index (χ2v) is 4.79. The van der Waals surface area contributed by atoms with Gasteiger partial charge < -0.3 is 14.2 Å². The maximum Gasteiger partial charge on any atom is 0.163 e. The fourth-order valence-corrected chi connectivity index (χ4v) is 1.50. The summed E-state index contributed by atoms with van der Waals surface area (Å²) in [7, 11) is 1.68. The van der Waals surface area contributed by atoms with Crippen LogP contribution in [0.25, 0.3) is 0 Å². The zero-order chi connectivity index (χ0) is 12.0. The molecule has 16 heavy (non-hydrogen) atoms. The Bertz CT molecular complexity index is 219. The van der Waals surface area contributed by atoms with Gasteiger partial charge in [0.05, 0.1) is 12.2 Å². The maximum absolute atomic E-state index is 11.6. The van der Waals surface area contributed by atoms with E-state index in [-0.39, 0.29) is 23.9 Å². The van der Waals surface area contributed by atoms with Gasteiger partial charge in [-0.2, -0.15) is 0 Å². The van der Waals surface area contributed by atoms with E-state index < -0.39 is 0 Å². The number of hydrogen-bond acceptors (Lipinski definition) is 4. The summed E-state index contributed by atoms with van der Waals surface area (Å²) in [6.45, 7) is 6.03. The molecule has 0 amide bonds. The summed E-state index contributed by atoms with van der Waals surface area (Å²) in [5.41, 5.74) is -0.181. The number of hydrogen-bond donors (Lipinski definition) is 0. The molecule has 94 valence electrons. The van der Waals surface area contributed by atoms with Crippen LogP contribution in [-0.4, -0.2) is 44.9 Å². The summed E-state index contributed by atoms with van der Waals surface area (Å²) >= 11 is 0. The number of ether oxygens (including phenoxy) is 3. The van der Waals surface area contributed by atoms with Gasteiger partial charge in [0.1, 0.15) is 6.61 Å². The van der Waals surface area contributed by atoms with E-state index in [0.29, 0.717) is 19.8 Å². The van der Waals surface area contributed by atoms with Crippen LogP contribution in [0.15, 0.2) is 0 Å². The highest BCUT2D eigenvalue weighted by Gasteiger charge is 2.23. The Morgan fingerprint density at radius 2 is 2.25 bits per heavy atom. The van der Waals surface area contributed by atoms with Gasteiger partial charge in [-0.3, -0.25) is 4.79 Å². The van der Waals surface area contributed by atoms with Gasteiger partial charge in [-0.1, -0.05) is 0 Å². The lowest BCUT2D eigenvalue weighted by Crippen LogP contribution is -2.26. The molecule has 0 aromatic rings. The highest BCUT2D eigenvalue weighted by atomic mass is 16.5. The Morgan fingerprint density at radius 3 is 2.81 bits per heavy atom. The smallest absolute Gasteiger partial charge is 0.163 e. The Hall–Kier alpha value is -0.450. The Labute approximate surface area is 97.2 Å². The molecule has 1 aliphatic rings. The van der Waals surface area contributed by atoms with Crippen molar-refractivity contribution in [2.24, 2.45) is 5.92 Å². The van der Waals surface area contributed by atoms with Gasteiger partial charge >= 0.3 is 0 Å². The minimum atomic E-state index is -0.181. The van der Waals surface area contributed by atoms with Crippen LogP contribution in [0.1, 0.15) is 26.7 Å². The van der Waals surface area contributed by atoms with Crippen molar-refractivity contribution in [1.82, 2.24) is 0 Å². The van der Waals surface area contributed by atoms with Gasteiger partial charge in [-0.05, 0) is 26.7 Å². The fraction of sp³-hybridized carbons (Fsp3) is 0.917. The molecule has 1 atom stereocenters. The Morgan fingerprint density at radius 1 is 1.50 bits per heavy atom. The van der Waals surface area contributed by atoms with Crippen LogP contribution in [0.5, 0.6) is 0 Å². The van der Waals surface area contributed by atoms with Crippen LogP contribution in [0.4, 0.5) is 0 Å². The third-order valence-electron chi connectivity index (χ3n) is 3.03. The van der Waals surface area contributed by atoms with Gasteiger partial charge in [0.25, 0.3) is 0 Å². The summed E-state index contributed by atoms with van der Waals surface area (Å²) in [6.07, 6.45) is 1.63. The first-order valence-corrected chi connectivity index (χ1v) is 5.78. The Balaban J connectivity index is 2.08. The molecule has 4 heteroatoms. The number of methoxy groups -OCH3 is 1. The van der Waals surface area contributed by atoms with E-state index in [1.165, 1.54) is 0 Å². The summed E-state index contributed by atoms with van der Waals surface area (Å²) in [5, 5.41) is 0. The van der Waals surface area contributed by atoms with E-state index in [1.807, 2.05) is 13.8 Å². The largest absolute Gasteiger partial charge is 0.381 e. The summed E-state index contributed by atoms with van der Waals surface area (Å²) < 4.78 is 15.8. The number of Topliss-reactive ketones (excluding diaryl/α,β-unsaturated/α-hetero) is 1. The van der Waals surface area contributed by atoms with Crippen molar-refractivity contribution in [3.63, 3.8) is 0 Å². The minimum absolute atomic E-state index is 0.0513. The van der Waals surface area contributed by atoms with E-state index >= 15 is 0 Å². The van der Waals surface area contributed by atoms with Crippen molar-refractivity contribution in [3.05, 3.63) is 0 Å². The van der Waals surface area contributed by atoms with Gasteiger partial charge in [0, 0.05) is 26.2 Å². The number of carbonyl (C=O) groups excluding carboxylic acids is 1. The molecule has 1 heterocycles. The molecule has 0 N–H and O–H groups in total. The SMILES string of the molecule is COC(C)(C)CCOCC(=O)C1CCOC1. The third kappa shape index (κ3) is 4.60. The molecular weight excluding hydrogens is 208 g/mol. The summed E-state index contributed by atoms with van der Waals surface area (Å²) in [5.74, 6) is 0.211. The highest BCUT2D eigenvalue weighted by molar-refractivity contribution is 5.82. The molecule has 1 rings (SSSR count). The molecule has 1 saturated heterocycles. The molecule has 0 bridgehead atoms. The van der Waals surface area contributed by atoms with Crippen molar-refractivity contribution in [2.45, 2.75) is 32.3 Å². The minimum Gasteiger partial charge on any atom is -0.381 e. The second-order valence-electron chi connectivity index (χ2n) is 4.79. The third-order valence-corrected chi connectivity index (χ3v) is 3.03. The molecule has 1 unspecified atom stereocenters. The Kier molecular flexibility index (Phi) is 5.38. The van der Waals surface area contributed by atoms with E-state index in [0.717, 1.165) is 12.8 Å². The molecule has 0 saturated carbocycles. The standard InChI is InChI=1S/C12H22O4/c1-12(2,14-3)5-7-16-9-11(13)10-4-6-15-8-10/h10H,4-9H2,1-3H3. The predicted molar refractivity (Wildman–Crippen MR) is 60.5 cm³/mol. The first-order valence-electron chi connectivity index (χ1n) is 5.78. The monoisotopic (exact) mass is 230 g/mol. The van der Waals surface area contributed by atoms with Crippen molar-refractivity contribution in [2.75, 3.05) is 33.5 Å². The van der Waals surface area contributed by atoms with Crippen molar-refractivity contribution >= 4 is 5.78 Å². The summed E-state index contributed by atoms with van der Waals surface area (Å²) in [6, 6.07) is 0. The predicted octanol–water partition coefficient (Wildman–Crippen LogP) is 1.42. The van der Waals surface area contributed by atoms with Crippen LogP contribution >= 0.6 is 0 Å². The van der Waals surface area contributed by atoms with Crippen molar-refractivity contribution < 1.29 is 19.0 Å². The lowest BCUT2D eigenvalue weighted by molar-refractivity contribution is -0.128. The fourth-order valence-electron chi connectivity index (χ4n) is 1.50. The number of carbonyl (C=O) groups is 1. The van der Waals surface area contributed by atoms with Crippen LogP contribution in [0.3, 0.4) is 0 Å². The van der Waals surface area contributed by atoms with E-state index in [2.05, 4.69) is 0 Å². The zero-order valence-electron chi connectivity index (χ0n) is 10.5. The molecule has 0 aromatic carbocycles. The first-order chi connectivity index (χ1) is 7.55. The first kappa shape index (κ1) is 13.6. The zero-order valence-corrected chi connectivity index (χ0v) is 10.5. The van der Waals surface area contributed by atoms with Gasteiger partial charge in [-0.25, -0.2) is 0 Å². The lowest BCUT2D eigenvalue weighted by atomic mass is 10.0. The summed E-state index contributed by atoms with van der Waals surface area (Å²) in [4.78, 5) is 11.6. The van der Waals surface area contributed by atoms with E-state index in [4.69, 9.17) is 14.2 Å². The average molecular weight is 230 g/mol. The average Bonchev–Trinajstić information content (AvgIpc) is 2.77. The van der Waals surface area contributed by atoms with Crippen molar-refractivity contribution in [1.29, 1.82) is 0 Å². The number of rotatable bonds is 7. The molecular formula is C12H22O4. The maximum atomic E-state index is 11.6. The quantitative estimate of drug-likeness (QED) is 0.621. The molecule has 0 aliphatic carbocycles. The van der Waals surface area contributed by atoms with Crippen LogP contribution in [-0.2, 0) is 19.0 Å². The lowest BCUT2D eigenvalue weighted by Gasteiger charge is -2.22. The number of ketones is 1. The molecule has 1 aliphatic heterocycles. The normalized spacial score (nSPS) is 21.3. The van der Waals surface area contributed by atoms with Crippen molar-refractivity contribution in [3.8, 4) is 0 Å². The van der Waals surface area contributed by atoms with Crippen LogP contribution in [0, 0.1) is 5.92 Å². The van der Waals surface area contributed by atoms with Gasteiger partial charge in [-0.15, -0.1) is 0 Å².